The Bertz CT molecular complexity index is 1190. The van der Waals surface area contributed by atoms with E-state index in [9.17, 15) is 20.1 Å². The molecule has 5 aliphatic carbocycles. The summed E-state index contributed by atoms with van der Waals surface area (Å²) in [7, 11) is 0. The minimum absolute atomic E-state index is 0.153. The average molecular weight is 631 g/mol. The van der Waals surface area contributed by atoms with Crippen molar-refractivity contribution in [1.82, 2.24) is 0 Å². The molecule has 7 nitrogen and oxygen atoms in total. The molecule has 0 unspecified atom stereocenters. The Morgan fingerprint density at radius 1 is 0.911 bits per heavy atom. The van der Waals surface area contributed by atoms with Crippen LogP contribution in [0.4, 0.5) is 0 Å². The molecule has 0 amide bonds. The molecular weight excluding hydrogens is 568 g/mol. The van der Waals surface area contributed by atoms with Gasteiger partial charge in [0, 0.05) is 6.92 Å². The van der Waals surface area contributed by atoms with Crippen LogP contribution in [-0.2, 0) is 19.0 Å². The summed E-state index contributed by atoms with van der Waals surface area (Å²) < 4.78 is 18.1. The maximum absolute atomic E-state index is 11.9. The van der Waals surface area contributed by atoms with Gasteiger partial charge in [-0.25, -0.2) is 0 Å². The summed E-state index contributed by atoms with van der Waals surface area (Å²) in [6.07, 6.45) is 8.56. The molecule has 0 spiro atoms. The summed E-state index contributed by atoms with van der Waals surface area (Å²) in [4.78, 5) is 11.9. The van der Waals surface area contributed by atoms with Crippen LogP contribution in [0, 0.1) is 50.2 Å². The van der Waals surface area contributed by atoms with E-state index in [0.717, 1.165) is 25.7 Å². The Kier molecular flexibility index (Phi) is 8.30. The number of aliphatic hydroxyl groups is 3. The zero-order chi connectivity index (χ0) is 33.0. The molecule has 1 saturated heterocycles. The van der Waals surface area contributed by atoms with Crippen LogP contribution in [0.1, 0.15) is 127 Å². The minimum atomic E-state index is -1.41. The zero-order valence-electron chi connectivity index (χ0n) is 29.5. The van der Waals surface area contributed by atoms with E-state index in [1.54, 1.807) is 5.57 Å². The number of allylic oxidation sites excluding steroid dienone is 2. The van der Waals surface area contributed by atoms with Gasteiger partial charge in [-0.1, -0.05) is 67.0 Å². The molecule has 0 aromatic heterocycles. The summed E-state index contributed by atoms with van der Waals surface area (Å²) in [6, 6.07) is 0. The molecule has 4 saturated carbocycles. The van der Waals surface area contributed by atoms with Crippen molar-refractivity contribution in [2.75, 3.05) is 6.61 Å². The van der Waals surface area contributed by atoms with Gasteiger partial charge < -0.3 is 29.5 Å². The largest absolute Gasteiger partial charge is 0.454 e. The van der Waals surface area contributed by atoms with E-state index in [-0.39, 0.29) is 27.8 Å². The highest BCUT2D eigenvalue weighted by Gasteiger charge is 2.68. The highest BCUT2D eigenvalue weighted by molar-refractivity contribution is 5.66. The molecule has 0 aromatic carbocycles. The number of hydrogen-bond acceptors (Lipinski definition) is 7. The lowest BCUT2D eigenvalue weighted by atomic mass is 9.33. The lowest BCUT2D eigenvalue weighted by Crippen LogP contribution is -2.65. The molecule has 1 aliphatic heterocycles. The summed E-state index contributed by atoms with van der Waals surface area (Å²) in [6.45, 7) is 20.9. The standard InChI is InChI=1S/C38H62O7/c1-22(40)43-31-30(42)29(41)25(21-39)44-32(31)45-28-13-14-36(7)26(34(28,4)5)12-15-38(9)27(36)11-10-23-24-20-33(2,3)16-17-35(24,6)18-19-37(23,38)8/h10,24-32,39,41-42H,11-21H2,1-9H3/t24-,25+,26-,27+,28-,29+,30-,31+,32-,35+,36-,37+,38+/m0/s1. The highest BCUT2D eigenvalue weighted by Crippen LogP contribution is 2.75. The lowest BCUT2D eigenvalue weighted by Gasteiger charge is -2.71. The molecule has 6 aliphatic rings. The van der Waals surface area contributed by atoms with Crippen LogP contribution >= 0.6 is 0 Å². The van der Waals surface area contributed by atoms with Crippen molar-refractivity contribution in [3.05, 3.63) is 11.6 Å². The second-order valence-corrected chi connectivity index (χ2v) is 18.6. The summed E-state index contributed by atoms with van der Waals surface area (Å²) in [5, 5.41) is 31.2. The Morgan fingerprint density at radius 3 is 2.27 bits per heavy atom. The van der Waals surface area contributed by atoms with E-state index >= 15 is 0 Å². The summed E-state index contributed by atoms with van der Waals surface area (Å²) >= 11 is 0. The van der Waals surface area contributed by atoms with E-state index in [1.165, 1.54) is 45.4 Å². The first-order valence-corrected chi connectivity index (χ1v) is 18.0. The Morgan fingerprint density at radius 2 is 1.60 bits per heavy atom. The molecule has 256 valence electrons. The van der Waals surface area contributed by atoms with Crippen molar-refractivity contribution >= 4 is 5.97 Å². The number of esters is 1. The average Bonchev–Trinajstić information content (AvgIpc) is 2.95. The fourth-order valence-electron chi connectivity index (χ4n) is 12.4. The molecule has 1 heterocycles. The van der Waals surface area contributed by atoms with Gasteiger partial charge in [0.15, 0.2) is 12.4 Å². The molecule has 0 bridgehead atoms. The Labute approximate surface area is 271 Å². The van der Waals surface area contributed by atoms with Crippen molar-refractivity contribution < 1.29 is 34.3 Å². The maximum atomic E-state index is 11.9. The van der Waals surface area contributed by atoms with Crippen molar-refractivity contribution in [2.45, 2.75) is 163 Å². The van der Waals surface area contributed by atoms with Gasteiger partial charge in [-0.15, -0.1) is 0 Å². The van der Waals surface area contributed by atoms with E-state index in [1.807, 2.05) is 0 Å². The van der Waals surface area contributed by atoms with Gasteiger partial charge in [-0.2, -0.15) is 0 Å². The number of carbonyl (C=O) groups is 1. The molecule has 0 radical (unpaired) electrons. The SMILES string of the molecule is CC(=O)O[C@H]1[C@H](O[C@H]2CC[C@]3(C)[C@H]4CC=C5[C@@H]6CC(C)(C)CC[C@]6(C)CC[C@@]5(C)[C@]4(C)CC[C@H]3C2(C)C)O[C@H](CO)[C@@H](O)[C@@H]1O. The lowest BCUT2D eigenvalue weighted by molar-refractivity contribution is -0.331. The molecule has 13 atom stereocenters. The fraction of sp³-hybridized carbons (Fsp3) is 0.921. The van der Waals surface area contributed by atoms with E-state index in [2.05, 4.69) is 61.5 Å². The third-order valence-corrected chi connectivity index (χ3v) is 15.4. The van der Waals surface area contributed by atoms with Crippen molar-refractivity contribution in [3.63, 3.8) is 0 Å². The van der Waals surface area contributed by atoms with Crippen molar-refractivity contribution in [1.29, 1.82) is 0 Å². The van der Waals surface area contributed by atoms with E-state index in [4.69, 9.17) is 14.2 Å². The van der Waals surface area contributed by atoms with Crippen LogP contribution < -0.4 is 0 Å². The van der Waals surface area contributed by atoms with Crippen LogP contribution in [0.5, 0.6) is 0 Å². The summed E-state index contributed by atoms with van der Waals surface area (Å²) in [5.74, 6) is 1.14. The van der Waals surface area contributed by atoms with Gasteiger partial charge >= 0.3 is 5.97 Å². The van der Waals surface area contributed by atoms with Gasteiger partial charge in [-0.05, 0) is 114 Å². The Hall–Kier alpha value is -0.990. The third-order valence-electron chi connectivity index (χ3n) is 15.4. The normalized spacial score (nSPS) is 51.9. The maximum Gasteiger partial charge on any atom is 0.303 e. The smallest absolute Gasteiger partial charge is 0.303 e. The number of carbonyl (C=O) groups excluding carboxylic acids is 1. The molecule has 0 aromatic rings. The molecule has 45 heavy (non-hydrogen) atoms. The van der Waals surface area contributed by atoms with Crippen LogP contribution in [0.3, 0.4) is 0 Å². The predicted molar refractivity (Wildman–Crippen MR) is 173 cm³/mol. The highest BCUT2D eigenvalue weighted by atomic mass is 16.7. The predicted octanol–water partition coefficient (Wildman–Crippen LogP) is 6.56. The van der Waals surface area contributed by atoms with Crippen LogP contribution in [-0.4, -0.2) is 64.7 Å². The summed E-state index contributed by atoms with van der Waals surface area (Å²) in [5.41, 5.74) is 3.07. The molecule has 7 heteroatoms. The van der Waals surface area contributed by atoms with E-state index in [0.29, 0.717) is 28.6 Å². The third kappa shape index (κ3) is 5.02. The fourth-order valence-corrected chi connectivity index (χ4v) is 12.4. The second-order valence-electron chi connectivity index (χ2n) is 18.6. The molecular formula is C38H62O7. The van der Waals surface area contributed by atoms with Crippen LogP contribution in [0.2, 0.25) is 0 Å². The van der Waals surface area contributed by atoms with Gasteiger partial charge in [0.1, 0.15) is 18.3 Å². The molecule has 6 rings (SSSR count). The number of fused-ring (bicyclic) bond motifs is 7. The number of hydrogen-bond donors (Lipinski definition) is 3. The van der Waals surface area contributed by atoms with Crippen molar-refractivity contribution in [3.8, 4) is 0 Å². The number of ether oxygens (including phenoxy) is 3. The number of rotatable bonds is 4. The first kappa shape index (κ1) is 33.9. The van der Waals surface area contributed by atoms with Gasteiger partial charge in [-0.3, -0.25) is 4.79 Å². The Balaban J connectivity index is 1.27. The second kappa shape index (κ2) is 11.0. The minimum Gasteiger partial charge on any atom is -0.454 e. The van der Waals surface area contributed by atoms with Gasteiger partial charge in [0.25, 0.3) is 0 Å². The first-order chi connectivity index (χ1) is 20.8. The molecule has 5 fully saturated rings. The van der Waals surface area contributed by atoms with Crippen LogP contribution in [0.15, 0.2) is 11.6 Å². The quantitative estimate of drug-likeness (QED) is 0.183. The first-order valence-electron chi connectivity index (χ1n) is 18.0. The number of aliphatic hydroxyl groups excluding tert-OH is 3. The van der Waals surface area contributed by atoms with Gasteiger partial charge in [0.2, 0.25) is 0 Å². The monoisotopic (exact) mass is 630 g/mol. The van der Waals surface area contributed by atoms with Crippen LogP contribution in [0.25, 0.3) is 0 Å². The van der Waals surface area contributed by atoms with Gasteiger partial charge in [0.05, 0.1) is 12.7 Å². The topological polar surface area (TPSA) is 105 Å². The molecule has 3 N–H and O–H groups in total. The van der Waals surface area contributed by atoms with Crippen molar-refractivity contribution in [2.24, 2.45) is 50.2 Å². The van der Waals surface area contributed by atoms with E-state index < -0.39 is 43.3 Å². The zero-order valence-corrected chi connectivity index (χ0v) is 29.5.